The molecule has 2 aromatic heterocycles. The quantitative estimate of drug-likeness (QED) is 0.294. The molecule has 168 valence electrons. The Morgan fingerprint density at radius 2 is 0.824 bits per heavy atom. The first-order valence-corrected chi connectivity index (χ1v) is 11.3. The molecular weight excluding hydrogens is 416 g/mol. The molecular formula is C30H28N4. The Labute approximate surface area is 201 Å². The van der Waals surface area contributed by atoms with Crippen LogP contribution in [0.25, 0.3) is 34.2 Å². The first-order chi connectivity index (χ1) is 16.5. The first-order valence-electron chi connectivity index (χ1n) is 11.3. The van der Waals surface area contributed by atoms with E-state index in [1.807, 2.05) is 78.9 Å². The van der Waals surface area contributed by atoms with Gasteiger partial charge in [0.2, 0.25) is 0 Å². The lowest BCUT2D eigenvalue weighted by Crippen LogP contribution is -2.10. The molecule has 3 aromatic carbocycles. The average Bonchev–Trinajstić information content (AvgIpc) is 2.90. The van der Waals surface area contributed by atoms with Gasteiger partial charge in [-0.15, -0.1) is 0 Å². The molecule has 0 bridgehead atoms. The van der Waals surface area contributed by atoms with E-state index in [0.29, 0.717) is 17.5 Å². The van der Waals surface area contributed by atoms with E-state index in [1.54, 1.807) is 12.4 Å². The van der Waals surface area contributed by atoms with Crippen molar-refractivity contribution in [2.75, 3.05) is 0 Å². The first kappa shape index (κ1) is 23.0. The molecule has 0 spiro atoms. The zero-order valence-corrected chi connectivity index (χ0v) is 19.8. The largest absolute Gasteiger partial charge is 0.265 e. The van der Waals surface area contributed by atoms with Crippen LogP contribution in [-0.2, 0) is 5.41 Å². The van der Waals surface area contributed by atoms with Crippen molar-refractivity contribution >= 4 is 0 Å². The van der Waals surface area contributed by atoms with Crippen LogP contribution in [0.2, 0.25) is 0 Å². The Hall–Kier alpha value is -4.18. The van der Waals surface area contributed by atoms with Crippen molar-refractivity contribution < 1.29 is 0 Å². The molecule has 34 heavy (non-hydrogen) atoms. The highest BCUT2D eigenvalue weighted by molar-refractivity contribution is 5.66. The summed E-state index contributed by atoms with van der Waals surface area (Å²) in [5, 5.41) is 0. The zero-order valence-electron chi connectivity index (χ0n) is 19.8. The van der Waals surface area contributed by atoms with Crippen LogP contribution < -0.4 is 0 Å². The SMILES string of the molecule is CC(C)(C)c1ccc(-c2nc(-c3ccccc3)nc(-c3ccccc3)n2)cc1.c1ccncc1. The molecule has 0 fully saturated rings. The molecule has 0 saturated carbocycles. The van der Waals surface area contributed by atoms with E-state index in [2.05, 4.69) is 50.0 Å². The summed E-state index contributed by atoms with van der Waals surface area (Å²) in [5.41, 5.74) is 4.35. The Morgan fingerprint density at radius 3 is 1.15 bits per heavy atom. The predicted octanol–water partition coefficient (Wildman–Crippen LogP) is 7.25. The van der Waals surface area contributed by atoms with Gasteiger partial charge in [0.15, 0.2) is 17.5 Å². The summed E-state index contributed by atoms with van der Waals surface area (Å²) in [5.74, 6) is 2.06. The molecule has 5 rings (SSSR count). The van der Waals surface area contributed by atoms with E-state index < -0.39 is 0 Å². The summed E-state index contributed by atoms with van der Waals surface area (Å²) < 4.78 is 0. The second-order valence-corrected chi connectivity index (χ2v) is 8.89. The minimum absolute atomic E-state index is 0.113. The van der Waals surface area contributed by atoms with E-state index >= 15 is 0 Å². The monoisotopic (exact) mass is 444 g/mol. The normalized spacial score (nSPS) is 10.8. The number of benzene rings is 3. The lowest BCUT2D eigenvalue weighted by atomic mass is 9.87. The summed E-state index contributed by atoms with van der Waals surface area (Å²) in [6, 6.07) is 34.3. The van der Waals surface area contributed by atoms with E-state index in [0.717, 1.165) is 16.7 Å². The number of hydrogen-bond acceptors (Lipinski definition) is 4. The summed E-state index contributed by atoms with van der Waals surface area (Å²) in [7, 11) is 0. The summed E-state index contributed by atoms with van der Waals surface area (Å²) in [6.45, 7) is 6.64. The van der Waals surface area contributed by atoms with Gasteiger partial charge in [0.25, 0.3) is 0 Å². The van der Waals surface area contributed by atoms with Gasteiger partial charge in [-0.1, -0.05) is 112 Å². The fourth-order valence-corrected chi connectivity index (χ4v) is 3.37. The van der Waals surface area contributed by atoms with Crippen LogP contribution in [0.1, 0.15) is 26.3 Å². The highest BCUT2D eigenvalue weighted by Crippen LogP contribution is 2.27. The number of nitrogens with zero attached hydrogens (tertiary/aromatic N) is 4. The van der Waals surface area contributed by atoms with Gasteiger partial charge in [-0.25, -0.2) is 15.0 Å². The summed E-state index contributed by atoms with van der Waals surface area (Å²) >= 11 is 0. The molecule has 4 heteroatoms. The number of pyridine rings is 1. The van der Waals surface area contributed by atoms with E-state index in [4.69, 9.17) is 15.0 Å². The van der Waals surface area contributed by atoms with E-state index in [9.17, 15) is 0 Å². The standard InChI is InChI=1S/C25H23N3.C5H5N/c1-25(2,3)21-16-14-20(15-17-21)24-27-22(18-10-6-4-7-11-18)26-23(28-24)19-12-8-5-9-13-19;1-2-4-6-5-3-1/h4-17H,1-3H3;1-5H. The van der Waals surface area contributed by atoms with Crippen molar-refractivity contribution in [2.24, 2.45) is 0 Å². The fraction of sp³-hybridized carbons (Fsp3) is 0.133. The van der Waals surface area contributed by atoms with Crippen molar-refractivity contribution in [3.05, 3.63) is 121 Å². The molecule has 0 unspecified atom stereocenters. The molecule has 0 saturated heterocycles. The number of aromatic nitrogens is 4. The van der Waals surface area contributed by atoms with Crippen molar-refractivity contribution in [1.29, 1.82) is 0 Å². The molecule has 0 N–H and O–H groups in total. The van der Waals surface area contributed by atoms with Gasteiger partial charge >= 0.3 is 0 Å². The molecule has 4 nitrogen and oxygen atoms in total. The maximum absolute atomic E-state index is 4.77. The van der Waals surface area contributed by atoms with Gasteiger partial charge in [0.05, 0.1) is 0 Å². The third-order valence-corrected chi connectivity index (χ3v) is 5.27. The van der Waals surface area contributed by atoms with Crippen molar-refractivity contribution in [2.45, 2.75) is 26.2 Å². The van der Waals surface area contributed by atoms with Crippen LogP contribution in [0.3, 0.4) is 0 Å². The minimum atomic E-state index is 0.113. The third kappa shape index (κ3) is 5.99. The minimum Gasteiger partial charge on any atom is -0.265 e. The van der Waals surface area contributed by atoms with Crippen molar-refractivity contribution in [3.8, 4) is 34.2 Å². The predicted molar refractivity (Wildman–Crippen MR) is 139 cm³/mol. The van der Waals surface area contributed by atoms with Crippen LogP contribution in [0, 0.1) is 0 Å². The van der Waals surface area contributed by atoms with Gasteiger partial charge in [0.1, 0.15) is 0 Å². The second kappa shape index (κ2) is 10.6. The topological polar surface area (TPSA) is 51.6 Å². The van der Waals surface area contributed by atoms with Crippen LogP contribution >= 0.6 is 0 Å². The second-order valence-electron chi connectivity index (χ2n) is 8.89. The molecule has 0 aliphatic rings. The molecule has 2 heterocycles. The Bertz CT molecular complexity index is 1210. The molecule has 5 aromatic rings. The smallest absolute Gasteiger partial charge is 0.164 e. The van der Waals surface area contributed by atoms with Crippen molar-refractivity contribution in [3.63, 3.8) is 0 Å². The summed E-state index contributed by atoms with van der Waals surface area (Å²) in [6.07, 6.45) is 3.50. The lowest BCUT2D eigenvalue weighted by molar-refractivity contribution is 0.590. The van der Waals surface area contributed by atoms with Crippen LogP contribution in [0.4, 0.5) is 0 Å². The highest BCUT2D eigenvalue weighted by atomic mass is 15.0. The van der Waals surface area contributed by atoms with E-state index in [-0.39, 0.29) is 5.41 Å². The Kier molecular flexibility index (Phi) is 7.19. The van der Waals surface area contributed by atoms with Gasteiger partial charge in [-0.3, -0.25) is 4.98 Å². The van der Waals surface area contributed by atoms with E-state index in [1.165, 1.54) is 5.56 Å². The lowest BCUT2D eigenvalue weighted by Gasteiger charge is -2.19. The molecule has 0 radical (unpaired) electrons. The Morgan fingerprint density at radius 1 is 0.441 bits per heavy atom. The van der Waals surface area contributed by atoms with Gasteiger partial charge < -0.3 is 0 Å². The molecule has 0 aliphatic heterocycles. The number of hydrogen-bond donors (Lipinski definition) is 0. The van der Waals surface area contributed by atoms with Crippen molar-refractivity contribution in [1.82, 2.24) is 19.9 Å². The Balaban J connectivity index is 0.000000398. The maximum Gasteiger partial charge on any atom is 0.164 e. The fourth-order valence-electron chi connectivity index (χ4n) is 3.37. The maximum atomic E-state index is 4.77. The van der Waals surface area contributed by atoms with Gasteiger partial charge in [0, 0.05) is 29.1 Å². The van der Waals surface area contributed by atoms with Gasteiger partial charge in [-0.05, 0) is 23.1 Å². The molecule has 0 amide bonds. The molecule has 0 atom stereocenters. The zero-order chi connectivity index (χ0) is 23.8. The van der Waals surface area contributed by atoms with Crippen LogP contribution in [-0.4, -0.2) is 19.9 Å². The summed E-state index contributed by atoms with van der Waals surface area (Å²) in [4.78, 5) is 18.1. The average molecular weight is 445 g/mol. The van der Waals surface area contributed by atoms with Crippen LogP contribution in [0.15, 0.2) is 116 Å². The highest BCUT2D eigenvalue weighted by Gasteiger charge is 2.15. The van der Waals surface area contributed by atoms with Crippen LogP contribution in [0.5, 0.6) is 0 Å². The molecule has 0 aliphatic carbocycles. The third-order valence-electron chi connectivity index (χ3n) is 5.27. The van der Waals surface area contributed by atoms with Gasteiger partial charge in [-0.2, -0.15) is 0 Å². The number of rotatable bonds is 3.